The van der Waals surface area contributed by atoms with Crippen LogP contribution in [0.1, 0.15) is 17.3 Å². The second-order valence-corrected chi connectivity index (χ2v) is 5.02. The molecule has 0 N–H and O–H groups in total. The topological polar surface area (TPSA) is 48.4 Å². The molecule has 25 heavy (non-hydrogen) atoms. The predicted octanol–water partition coefficient (Wildman–Crippen LogP) is 4.62. The molecule has 1 aromatic heterocycles. The van der Waals surface area contributed by atoms with Crippen LogP contribution in [0.15, 0.2) is 42.6 Å². The first-order valence-electron chi connectivity index (χ1n) is 7.39. The van der Waals surface area contributed by atoms with E-state index < -0.39 is 28.9 Å². The van der Waals surface area contributed by atoms with E-state index in [-0.39, 0.29) is 23.3 Å². The number of nitrogens with zero attached hydrogens (tertiary/aromatic N) is 1. The van der Waals surface area contributed by atoms with Gasteiger partial charge in [-0.05, 0) is 25.1 Å². The maximum absolute atomic E-state index is 14.0. The van der Waals surface area contributed by atoms with Gasteiger partial charge in [-0.2, -0.15) is 0 Å². The molecule has 0 amide bonds. The van der Waals surface area contributed by atoms with E-state index in [2.05, 4.69) is 4.98 Å². The van der Waals surface area contributed by atoms with Crippen molar-refractivity contribution in [3.8, 4) is 11.5 Å². The average Bonchev–Trinajstić information content (AvgIpc) is 2.61. The van der Waals surface area contributed by atoms with Gasteiger partial charge in [-0.15, -0.1) is 0 Å². The third-order valence-corrected chi connectivity index (χ3v) is 3.41. The highest BCUT2D eigenvalue weighted by Gasteiger charge is 2.23. The second kappa shape index (κ2) is 6.80. The maximum atomic E-state index is 14.0. The van der Waals surface area contributed by atoms with E-state index in [4.69, 9.17) is 9.47 Å². The number of aromatic nitrogens is 1. The first-order chi connectivity index (χ1) is 12.0. The lowest BCUT2D eigenvalue weighted by Gasteiger charge is -2.13. The minimum atomic E-state index is -1.64. The van der Waals surface area contributed by atoms with Crippen molar-refractivity contribution in [3.63, 3.8) is 0 Å². The first kappa shape index (κ1) is 16.8. The van der Waals surface area contributed by atoms with Gasteiger partial charge in [0, 0.05) is 11.6 Å². The lowest BCUT2D eigenvalue weighted by molar-refractivity contribution is 0.0523. The fourth-order valence-corrected chi connectivity index (χ4v) is 2.29. The van der Waals surface area contributed by atoms with E-state index in [1.165, 1.54) is 0 Å². The van der Waals surface area contributed by atoms with Crippen molar-refractivity contribution in [2.75, 3.05) is 6.61 Å². The van der Waals surface area contributed by atoms with Gasteiger partial charge in [-0.3, -0.25) is 4.98 Å². The van der Waals surface area contributed by atoms with Gasteiger partial charge in [0.1, 0.15) is 16.8 Å². The first-order valence-corrected chi connectivity index (χ1v) is 7.39. The van der Waals surface area contributed by atoms with Crippen molar-refractivity contribution in [1.82, 2.24) is 4.98 Å². The number of carbonyl (C=O) groups excluding carboxylic acids is 1. The predicted molar refractivity (Wildman–Crippen MR) is 84.1 cm³/mol. The van der Waals surface area contributed by atoms with Crippen LogP contribution in [0.25, 0.3) is 10.9 Å². The van der Waals surface area contributed by atoms with Gasteiger partial charge in [0.15, 0.2) is 23.2 Å². The number of carbonyl (C=O) groups is 1. The fraction of sp³-hybridized carbons (Fsp3) is 0.111. The number of hydrogen-bond donors (Lipinski definition) is 0. The number of pyridine rings is 1. The molecule has 0 saturated carbocycles. The Hall–Kier alpha value is -3.09. The fourth-order valence-electron chi connectivity index (χ4n) is 2.29. The molecule has 0 aliphatic rings. The number of halogens is 3. The van der Waals surface area contributed by atoms with Crippen LogP contribution < -0.4 is 4.74 Å². The maximum Gasteiger partial charge on any atom is 0.343 e. The van der Waals surface area contributed by atoms with Gasteiger partial charge in [-0.25, -0.2) is 18.0 Å². The van der Waals surface area contributed by atoms with Crippen molar-refractivity contribution >= 4 is 16.9 Å². The van der Waals surface area contributed by atoms with Crippen molar-refractivity contribution in [1.29, 1.82) is 0 Å². The molecule has 2 aromatic carbocycles. The molecule has 1 heterocycles. The SMILES string of the molecule is CCOC(=O)c1cnc2c(F)c(F)c(F)cc2c1Oc1ccccc1. The number of hydrogen-bond acceptors (Lipinski definition) is 4. The highest BCUT2D eigenvalue weighted by molar-refractivity contribution is 6.00. The molecule has 3 rings (SSSR count). The Labute approximate surface area is 140 Å². The van der Waals surface area contributed by atoms with Gasteiger partial charge in [-0.1, -0.05) is 18.2 Å². The largest absolute Gasteiger partial charge is 0.462 e. The molecule has 0 bridgehead atoms. The van der Waals surface area contributed by atoms with Crippen LogP contribution in [0.3, 0.4) is 0 Å². The summed E-state index contributed by atoms with van der Waals surface area (Å²) in [5.74, 6) is -5.12. The summed E-state index contributed by atoms with van der Waals surface area (Å²) in [4.78, 5) is 15.9. The molecule has 4 nitrogen and oxygen atoms in total. The number of para-hydroxylation sites is 1. The molecule has 128 valence electrons. The molecule has 3 aromatic rings. The van der Waals surface area contributed by atoms with Crippen molar-refractivity contribution < 1.29 is 27.4 Å². The van der Waals surface area contributed by atoms with Crippen molar-refractivity contribution in [2.45, 2.75) is 6.92 Å². The molecule has 0 aliphatic heterocycles. The zero-order valence-corrected chi connectivity index (χ0v) is 13.1. The molecule has 0 radical (unpaired) electrons. The Bertz CT molecular complexity index is 945. The minimum absolute atomic E-state index is 0.0911. The van der Waals surface area contributed by atoms with E-state index in [0.717, 1.165) is 12.3 Å². The van der Waals surface area contributed by atoms with Crippen molar-refractivity contribution in [3.05, 3.63) is 65.6 Å². The summed E-state index contributed by atoms with van der Waals surface area (Å²) in [6, 6.07) is 9.04. The van der Waals surface area contributed by atoms with Crippen LogP contribution in [0, 0.1) is 17.5 Å². The van der Waals surface area contributed by atoms with Crippen LogP contribution in [-0.4, -0.2) is 17.6 Å². The zero-order valence-electron chi connectivity index (χ0n) is 13.1. The molecule has 0 saturated heterocycles. The molecule has 0 spiro atoms. The van der Waals surface area contributed by atoms with Gasteiger partial charge in [0.25, 0.3) is 0 Å². The lowest BCUT2D eigenvalue weighted by Crippen LogP contribution is -2.08. The minimum Gasteiger partial charge on any atom is -0.462 e. The van der Waals surface area contributed by atoms with Gasteiger partial charge in [0.05, 0.1) is 6.61 Å². The third kappa shape index (κ3) is 3.13. The summed E-state index contributed by atoms with van der Waals surface area (Å²) in [6.07, 6.45) is 1.01. The lowest BCUT2D eigenvalue weighted by atomic mass is 10.1. The number of esters is 1. The zero-order chi connectivity index (χ0) is 18.0. The van der Waals surface area contributed by atoms with Crippen molar-refractivity contribution in [2.24, 2.45) is 0 Å². The number of benzene rings is 2. The van der Waals surface area contributed by atoms with Gasteiger partial charge < -0.3 is 9.47 Å². The van der Waals surface area contributed by atoms with Gasteiger partial charge in [0.2, 0.25) is 0 Å². The summed E-state index contributed by atoms with van der Waals surface area (Å²) in [6.45, 7) is 1.70. The molecule has 7 heteroatoms. The van der Waals surface area contributed by atoms with E-state index in [9.17, 15) is 18.0 Å². The molecular formula is C18H12F3NO3. The monoisotopic (exact) mass is 347 g/mol. The summed E-state index contributed by atoms with van der Waals surface area (Å²) < 4.78 is 51.7. The summed E-state index contributed by atoms with van der Waals surface area (Å²) in [5.41, 5.74) is -0.568. The Morgan fingerprint density at radius 3 is 2.52 bits per heavy atom. The molecular weight excluding hydrogens is 335 g/mol. The third-order valence-electron chi connectivity index (χ3n) is 3.41. The molecule has 0 unspecified atom stereocenters. The second-order valence-electron chi connectivity index (χ2n) is 5.02. The van der Waals surface area contributed by atoms with E-state index in [1.54, 1.807) is 37.3 Å². The Kier molecular flexibility index (Phi) is 4.56. The van der Waals surface area contributed by atoms with Crippen LogP contribution in [0.2, 0.25) is 0 Å². The van der Waals surface area contributed by atoms with E-state index in [0.29, 0.717) is 5.75 Å². The highest BCUT2D eigenvalue weighted by atomic mass is 19.2. The van der Waals surface area contributed by atoms with Crippen LogP contribution in [-0.2, 0) is 4.74 Å². The normalized spacial score (nSPS) is 10.7. The van der Waals surface area contributed by atoms with Crippen LogP contribution >= 0.6 is 0 Å². The molecule has 0 atom stereocenters. The smallest absolute Gasteiger partial charge is 0.343 e. The van der Waals surface area contributed by atoms with E-state index >= 15 is 0 Å². The number of rotatable bonds is 4. The van der Waals surface area contributed by atoms with Crippen LogP contribution in [0.4, 0.5) is 13.2 Å². The Morgan fingerprint density at radius 1 is 1.12 bits per heavy atom. The average molecular weight is 347 g/mol. The standard InChI is InChI=1S/C18H12F3NO3/c1-2-24-18(23)12-9-22-16-11(8-13(19)14(20)15(16)21)17(12)25-10-6-4-3-5-7-10/h3-9H,2H2,1H3. The number of ether oxygens (including phenoxy) is 2. The Morgan fingerprint density at radius 2 is 1.84 bits per heavy atom. The summed E-state index contributed by atoms with van der Waals surface area (Å²) in [7, 11) is 0. The summed E-state index contributed by atoms with van der Waals surface area (Å²) >= 11 is 0. The summed E-state index contributed by atoms with van der Waals surface area (Å²) in [5, 5.41) is -0.175. The quantitative estimate of drug-likeness (QED) is 0.510. The van der Waals surface area contributed by atoms with Gasteiger partial charge >= 0.3 is 5.97 Å². The Balaban J connectivity index is 2.26. The molecule has 0 aliphatic carbocycles. The van der Waals surface area contributed by atoms with Crippen LogP contribution in [0.5, 0.6) is 11.5 Å². The number of fused-ring (bicyclic) bond motifs is 1. The molecule has 0 fully saturated rings. The van der Waals surface area contributed by atoms with E-state index in [1.807, 2.05) is 0 Å². The highest BCUT2D eigenvalue weighted by Crippen LogP contribution is 2.35.